The predicted molar refractivity (Wildman–Crippen MR) is 93.5 cm³/mol. The van der Waals surface area contributed by atoms with Crippen molar-refractivity contribution in [3.8, 4) is 0 Å². The van der Waals surface area contributed by atoms with E-state index in [2.05, 4.69) is 9.44 Å². The van der Waals surface area contributed by atoms with Crippen molar-refractivity contribution in [1.29, 1.82) is 0 Å². The molecule has 0 heterocycles. The van der Waals surface area contributed by atoms with Gasteiger partial charge in [-0.3, -0.25) is 4.79 Å². The van der Waals surface area contributed by atoms with Crippen molar-refractivity contribution in [2.24, 2.45) is 0 Å². The zero-order valence-corrected chi connectivity index (χ0v) is 15.5. The van der Waals surface area contributed by atoms with Gasteiger partial charge < -0.3 is 0 Å². The summed E-state index contributed by atoms with van der Waals surface area (Å²) in [5, 5.41) is 0. The quantitative estimate of drug-likeness (QED) is 0.726. The summed E-state index contributed by atoms with van der Waals surface area (Å²) in [5.74, 6) is -0.390. The average Bonchev–Trinajstić information content (AvgIpc) is 2.61. The van der Waals surface area contributed by atoms with Gasteiger partial charge in [0.25, 0.3) is 0 Å². The SMILES string of the molecule is CNS(=O)(=O)c1ccc(C(=O)c2ccccc2C)cc1S(=O)(=O)NC. The fourth-order valence-corrected chi connectivity index (χ4v) is 4.57. The maximum absolute atomic E-state index is 12.7. The molecule has 25 heavy (non-hydrogen) atoms. The van der Waals surface area contributed by atoms with Gasteiger partial charge >= 0.3 is 0 Å². The first-order chi connectivity index (χ1) is 11.6. The molecule has 0 spiro atoms. The molecule has 0 saturated carbocycles. The minimum absolute atomic E-state index is 0.0816. The van der Waals surface area contributed by atoms with Gasteiger partial charge in [0.2, 0.25) is 20.0 Å². The van der Waals surface area contributed by atoms with Crippen molar-refractivity contribution in [1.82, 2.24) is 9.44 Å². The Kier molecular flexibility index (Phi) is 5.43. The van der Waals surface area contributed by atoms with Gasteiger partial charge in [0.1, 0.15) is 9.79 Å². The number of nitrogens with one attached hydrogen (secondary N) is 2. The van der Waals surface area contributed by atoms with Crippen LogP contribution in [-0.2, 0) is 20.0 Å². The summed E-state index contributed by atoms with van der Waals surface area (Å²) < 4.78 is 52.9. The van der Waals surface area contributed by atoms with Crippen molar-refractivity contribution >= 4 is 25.8 Å². The van der Waals surface area contributed by atoms with E-state index in [0.29, 0.717) is 5.56 Å². The van der Waals surface area contributed by atoms with Crippen LogP contribution in [0.15, 0.2) is 52.3 Å². The summed E-state index contributed by atoms with van der Waals surface area (Å²) in [6, 6.07) is 10.4. The number of hydrogen-bond donors (Lipinski definition) is 2. The molecule has 0 atom stereocenters. The number of benzene rings is 2. The third kappa shape index (κ3) is 3.79. The van der Waals surface area contributed by atoms with Crippen molar-refractivity contribution in [3.63, 3.8) is 0 Å². The normalized spacial score (nSPS) is 12.1. The van der Waals surface area contributed by atoms with Crippen LogP contribution in [0.4, 0.5) is 0 Å². The molecule has 0 bridgehead atoms. The highest BCUT2D eigenvalue weighted by Crippen LogP contribution is 2.24. The second-order valence-corrected chi connectivity index (χ2v) is 8.93. The van der Waals surface area contributed by atoms with E-state index in [-0.39, 0.29) is 11.3 Å². The highest BCUT2D eigenvalue weighted by atomic mass is 32.2. The number of hydrogen-bond acceptors (Lipinski definition) is 5. The lowest BCUT2D eigenvalue weighted by Crippen LogP contribution is -2.26. The second kappa shape index (κ2) is 7.04. The minimum Gasteiger partial charge on any atom is -0.289 e. The molecule has 0 aliphatic rings. The van der Waals surface area contributed by atoms with Crippen LogP contribution in [0.25, 0.3) is 0 Å². The predicted octanol–water partition coefficient (Wildman–Crippen LogP) is 1.04. The Balaban J connectivity index is 2.71. The van der Waals surface area contributed by atoms with E-state index < -0.39 is 29.8 Å². The summed E-state index contributed by atoms with van der Waals surface area (Å²) in [7, 11) is -5.76. The molecule has 0 amide bonds. The number of ketones is 1. The van der Waals surface area contributed by atoms with Gasteiger partial charge in [-0.2, -0.15) is 0 Å². The summed E-state index contributed by atoms with van der Waals surface area (Å²) in [6.07, 6.45) is 0. The van der Waals surface area contributed by atoms with Crippen LogP contribution in [0.1, 0.15) is 21.5 Å². The zero-order valence-electron chi connectivity index (χ0n) is 13.9. The van der Waals surface area contributed by atoms with E-state index in [1.807, 2.05) is 0 Å². The molecule has 0 unspecified atom stereocenters. The molecule has 0 aliphatic heterocycles. The fourth-order valence-electron chi connectivity index (χ4n) is 2.28. The van der Waals surface area contributed by atoms with Crippen molar-refractivity contribution < 1.29 is 21.6 Å². The number of sulfonamides is 2. The standard InChI is InChI=1S/C16H18N2O5S2/c1-11-6-4-5-7-13(11)16(19)12-8-9-14(24(20,21)17-2)15(10-12)25(22,23)18-3/h4-10,17-18H,1-3H3. The molecule has 0 fully saturated rings. The van der Waals surface area contributed by atoms with Crippen LogP contribution >= 0.6 is 0 Å². The Morgan fingerprint density at radius 1 is 0.840 bits per heavy atom. The summed E-state index contributed by atoms with van der Waals surface area (Å²) in [6.45, 7) is 1.76. The van der Waals surface area contributed by atoms with Crippen LogP contribution in [0.2, 0.25) is 0 Å². The highest BCUT2D eigenvalue weighted by Gasteiger charge is 2.26. The van der Waals surface area contributed by atoms with Gasteiger partial charge in [0.05, 0.1) is 0 Å². The van der Waals surface area contributed by atoms with Gasteiger partial charge in [-0.25, -0.2) is 26.3 Å². The van der Waals surface area contributed by atoms with E-state index >= 15 is 0 Å². The molecular formula is C16H18N2O5S2. The Labute approximate surface area is 147 Å². The monoisotopic (exact) mass is 382 g/mol. The Bertz CT molecular complexity index is 1030. The van der Waals surface area contributed by atoms with Gasteiger partial charge in [-0.1, -0.05) is 24.3 Å². The Morgan fingerprint density at radius 3 is 1.96 bits per heavy atom. The largest absolute Gasteiger partial charge is 0.289 e. The average molecular weight is 382 g/mol. The van der Waals surface area contributed by atoms with E-state index in [1.54, 1.807) is 31.2 Å². The summed E-state index contributed by atoms with van der Waals surface area (Å²) in [5.41, 5.74) is 1.23. The zero-order chi connectivity index (χ0) is 18.8. The van der Waals surface area contributed by atoms with Crippen LogP contribution in [-0.4, -0.2) is 36.7 Å². The molecule has 2 aromatic rings. The number of aryl methyl sites for hydroxylation is 1. The fraction of sp³-hybridized carbons (Fsp3) is 0.188. The molecular weight excluding hydrogens is 364 g/mol. The topological polar surface area (TPSA) is 109 Å². The lowest BCUT2D eigenvalue weighted by molar-refractivity contribution is 0.103. The highest BCUT2D eigenvalue weighted by molar-refractivity contribution is 7.92. The smallest absolute Gasteiger partial charge is 0.241 e. The summed E-state index contributed by atoms with van der Waals surface area (Å²) >= 11 is 0. The molecule has 0 aromatic heterocycles. The van der Waals surface area contributed by atoms with Crippen LogP contribution < -0.4 is 9.44 Å². The maximum atomic E-state index is 12.7. The molecule has 0 radical (unpaired) electrons. The van der Waals surface area contributed by atoms with Crippen LogP contribution in [0.5, 0.6) is 0 Å². The van der Waals surface area contributed by atoms with Gasteiger partial charge in [0, 0.05) is 11.1 Å². The van der Waals surface area contributed by atoms with Gasteiger partial charge in [0.15, 0.2) is 5.78 Å². The molecule has 134 valence electrons. The third-order valence-corrected chi connectivity index (χ3v) is 6.77. The van der Waals surface area contributed by atoms with Crippen LogP contribution in [0.3, 0.4) is 0 Å². The molecule has 0 saturated heterocycles. The van der Waals surface area contributed by atoms with Gasteiger partial charge in [-0.05, 0) is 44.8 Å². The minimum atomic E-state index is -4.09. The maximum Gasteiger partial charge on any atom is 0.241 e. The number of carbonyl (C=O) groups excluding carboxylic acids is 1. The Hall–Kier alpha value is -2.07. The first kappa shape index (κ1) is 19.3. The molecule has 9 heteroatoms. The third-order valence-electron chi connectivity index (χ3n) is 3.71. The summed E-state index contributed by atoms with van der Waals surface area (Å²) in [4.78, 5) is 11.8. The molecule has 2 N–H and O–H groups in total. The lowest BCUT2D eigenvalue weighted by Gasteiger charge is -2.12. The van der Waals surface area contributed by atoms with Crippen molar-refractivity contribution in [2.45, 2.75) is 16.7 Å². The van der Waals surface area contributed by atoms with Crippen molar-refractivity contribution in [2.75, 3.05) is 14.1 Å². The van der Waals surface area contributed by atoms with E-state index in [0.717, 1.165) is 17.7 Å². The van der Waals surface area contributed by atoms with Crippen molar-refractivity contribution in [3.05, 3.63) is 59.2 Å². The molecule has 7 nitrogen and oxygen atoms in total. The molecule has 2 aromatic carbocycles. The van der Waals surface area contributed by atoms with Gasteiger partial charge in [-0.15, -0.1) is 0 Å². The number of carbonyl (C=O) groups is 1. The van der Waals surface area contributed by atoms with E-state index in [4.69, 9.17) is 0 Å². The lowest BCUT2D eigenvalue weighted by atomic mass is 9.99. The second-order valence-electron chi connectivity index (χ2n) is 5.22. The molecule has 0 aliphatic carbocycles. The first-order valence-electron chi connectivity index (χ1n) is 7.25. The first-order valence-corrected chi connectivity index (χ1v) is 10.2. The van der Waals surface area contributed by atoms with E-state index in [9.17, 15) is 21.6 Å². The number of rotatable bonds is 6. The van der Waals surface area contributed by atoms with Crippen LogP contribution in [0, 0.1) is 6.92 Å². The molecule has 2 rings (SSSR count). The van der Waals surface area contributed by atoms with E-state index in [1.165, 1.54) is 20.2 Å². The Morgan fingerprint density at radius 2 is 1.40 bits per heavy atom.